The van der Waals surface area contributed by atoms with E-state index in [1.807, 2.05) is 0 Å². The van der Waals surface area contributed by atoms with Crippen molar-refractivity contribution in [3.8, 4) is 0 Å². The first-order chi connectivity index (χ1) is 11.2. The van der Waals surface area contributed by atoms with Crippen LogP contribution >= 0.6 is 20.1 Å². The molecule has 0 N–H and O–H groups in total. The molecule has 118 valence electrons. The van der Waals surface area contributed by atoms with Gasteiger partial charge in [0.05, 0.1) is 0 Å². The Balaban J connectivity index is 2.41. The molecule has 0 aliphatic carbocycles. The standard InChI is InChI=1S/C21H22AsI/c1-2-18-22(23,19-12-6-3-7-13-19,20-14-8-4-9-15-20)21-16-10-5-11-17-21/h3-17H,2,18H2,1H3. The Kier molecular flexibility index (Phi) is 4.98. The van der Waals surface area contributed by atoms with Gasteiger partial charge in [-0.3, -0.25) is 0 Å². The van der Waals surface area contributed by atoms with Crippen LogP contribution in [-0.2, 0) is 0 Å². The molecule has 2 heteroatoms. The van der Waals surface area contributed by atoms with Gasteiger partial charge in [0.25, 0.3) is 0 Å². The molecule has 0 saturated carbocycles. The van der Waals surface area contributed by atoms with Crippen LogP contribution in [0.5, 0.6) is 0 Å². The zero-order valence-electron chi connectivity index (χ0n) is 13.4. The third-order valence-electron chi connectivity index (χ3n) is 4.53. The SMILES string of the molecule is CCC[As](I)(c1ccccc1)(c1ccccc1)c1ccccc1. The average Bonchev–Trinajstić information content (AvgIpc) is 2.64. The van der Waals surface area contributed by atoms with Crippen molar-refractivity contribution in [3.63, 3.8) is 0 Å². The zero-order valence-corrected chi connectivity index (χ0v) is 17.4. The summed E-state index contributed by atoms with van der Waals surface area (Å²) in [6.45, 7) is 2.31. The summed E-state index contributed by atoms with van der Waals surface area (Å²) in [5, 5.41) is 1.23. The number of hydrogen-bond acceptors (Lipinski definition) is 0. The van der Waals surface area contributed by atoms with Gasteiger partial charge in [0.1, 0.15) is 0 Å². The molecule has 3 aromatic rings. The molecule has 0 radical (unpaired) electrons. The molecule has 0 saturated heterocycles. The Morgan fingerprint density at radius 1 is 0.609 bits per heavy atom. The molecule has 0 atom stereocenters. The molecule has 23 heavy (non-hydrogen) atoms. The average molecular weight is 476 g/mol. The van der Waals surface area contributed by atoms with Gasteiger partial charge < -0.3 is 0 Å². The van der Waals surface area contributed by atoms with Gasteiger partial charge in [-0.25, -0.2) is 0 Å². The topological polar surface area (TPSA) is 0 Å². The van der Waals surface area contributed by atoms with E-state index in [-0.39, 0.29) is 0 Å². The Morgan fingerprint density at radius 3 is 1.17 bits per heavy atom. The number of benzene rings is 3. The number of halogens is 1. The van der Waals surface area contributed by atoms with Crippen LogP contribution in [0.15, 0.2) is 91.0 Å². The minimum atomic E-state index is -3.16. The van der Waals surface area contributed by atoms with Gasteiger partial charge >= 0.3 is 152 Å². The van der Waals surface area contributed by atoms with E-state index in [0.29, 0.717) is 0 Å². The van der Waals surface area contributed by atoms with Crippen molar-refractivity contribution in [1.29, 1.82) is 0 Å². The first-order valence-electron chi connectivity index (χ1n) is 8.10. The van der Waals surface area contributed by atoms with E-state index in [4.69, 9.17) is 0 Å². The van der Waals surface area contributed by atoms with Gasteiger partial charge in [-0.15, -0.1) is 0 Å². The molecule has 0 fully saturated rings. The van der Waals surface area contributed by atoms with Gasteiger partial charge in [0.15, 0.2) is 0 Å². The van der Waals surface area contributed by atoms with E-state index < -0.39 is 9.10 Å². The fraction of sp³-hybridized carbons (Fsp3) is 0.143. The second-order valence-corrected chi connectivity index (χ2v) is 26.1. The van der Waals surface area contributed by atoms with Gasteiger partial charge in [-0.1, -0.05) is 0 Å². The second kappa shape index (κ2) is 6.83. The quantitative estimate of drug-likeness (QED) is 0.377. The van der Waals surface area contributed by atoms with Crippen molar-refractivity contribution in [2.75, 3.05) is 0 Å². The van der Waals surface area contributed by atoms with Crippen LogP contribution in [0, 0.1) is 0 Å². The summed E-state index contributed by atoms with van der Waals surface area (Å²) in [5.74, 6) is 0. The van der Waals surface area contributed by atoms with Crippen LogP contribution in [0.4, 0.5) is 0 Å². The van der Waals surface area contributed by atoms with Crippen molar-refractivity contribution in [1.82, 2.24) is 0 Å². The fourth-order valence-electron chi connectivity index (χ4n) is 3.47. The monoisotopic (exact) mass is 476 g/mol. The molecule has 0 aliphatic rings. The Morgan fingerprint density at radius 2 is 0.913 bits per heavy atom. The van der Waals surface area contributed by atoms with Crippen molar-refractivity contribution in [2.24, 2.45) is 0 Å². The Bertz CT molecular complexity index is 654. The molecule has 0 aromatic heterocycles. The normalized spacial score (nSPS) is 13.2. The van der Waals surface area contributed by atoms with E-state index in [9.17, 15) is 0 Å². The predicted octanol–water partition coefficient (Wildman–Crippen LogP) is 4.45. The van der Waals surface area contributed by atoms with Gasteiger partial charge in [-0.05, 0) is 0 Å². The van der Waals surface area contributed by atoms with Gasteiger partial charge in [0.2, 0.25) is 0 Å². The first-order valence-corrected chi connectivity index (χ1v) is 18.0. The van der Waals surface area contributed by atoms with E-state index in [1.54, 1.807) is 0 Å². The maximum absolute atomic E-state index is 3.16. The summed E-state index contributed by atoms with van der Waals surface area (Å²) in [5.41, 5.74) is 0. The van der Waals surface area contributed by atoms with Crippen LogP contribution in [0.1, 0.15) is 13.3 Å². The van der Waals surface area contributed by atoms with Crippen LogP contribution in [0.2, 0.25) is 5.21 Å². The van der Waals surface area contributed by atoms with Gasteiger partial charge in [0, 0.05) is 0 Å². The minimum absolute atomic E-state index is 1.19. The second-order valence-electron chi connectivity index (χ2n) is 5.91. The van der Waals surface area contributed by atoms with Crippen molar-refractivity contribution in [2.45, 2.75) is 18.6 Å². The molecule has 0 amide bonds. The summed E-state index contributed by atoms with van der Waals surface area (Å²) < 4.78 is 4.56. The summed E-state index contributed by atoms with van der Waals surface area (Å²) in [7, 11) is -3.16. The summed E-state index contributed by atoms with van der Waals surface area (Å²) >= 11 is 2.88. The molecule has 0 heterocycles. The van der Waals surface area contributed by atoms with E-state index >= 15 is 0 Å². The Hall–Kier alpha value is -1.05. The van der Waals surface area contributed by atoms with Crippen LogP contribution < -0.4 is 13.1 Å². The number of hydrogen-bond donors (Lipinski definition) is 0. The Labute approximate surface area is 151 Å². The molecular formula is C21H22AsI. The third-order valence-corrected chi connectivity index (χ3v) is 27.1. The summed E-state index contributed by atoms with van der Waals surface area (Å²) in [6.07, 6.45) is 1.19. The predicted molar refractivity (Wildman–Crippen MR) is 113 cm³/mol. The molecule has 0 nitrogen and oxygen atoms in total. The summed E-state index contributed by atoms with van der Waals surface area (Å²) in [6, 6.07) is 33.6. The van der Waals surface area contributed by atoms with E-state index in [0.717, 1.165) is 0 Å². The van der Waals surface area contributed by atoms with Crippen LogP contribution in [0.25, 0.3) is 0 Å². The fourth-order valence-corrected chi connectivity index (χ4v) is 21.3. The zero-order chi connectivity index (χ0) is 16.2. The van der Waals surface area contributed by atoms with E-state index in [2.05, 4.69) is 118 Å². The van der Waals surface area contributed by atoms with Crippen molar-refractivity contribution >= 4 is 42.3 Å². The summed E-state index contributed by atoms with van der Waals surface area (Å²) in [4.78, 5) is 0. The van der Waals surface area contributed by atoms with E-state index in [1.165, 1.54) is 24.7 Å². The molecule has 0 bridgehead atoms. The third kappa shape index (κ3) is 2.79. The molecule has 0 unspecified atom stereocenters. The maximum atomic E-state index is 2.88. The molecule has 3 rings (SSSR count). The van der Waals surface area contributed by atoms with Crippen molar-refractivity contribution < 1.29 is 0 Å². The van der Waals surface area contributed by atoms with Crippen molar-refractivity contribution in [3.05, 3.63) is 91.0 Å². The van der Waals surface area contributed by atoms with Crippen LogP contribution in [0.3, 0.4) is 0 Å². The molecule has 0 aliphatic heterocycles. The first kappa shape index (κ1) is 16.8. The molecular weight excluding hydrogens is 454 g/mol. The molecule has 0 spiro atoms. The van der Waals surface area contributed by atoms with Gasteiger partial charge in [-0.2, -0.15) is 0 Å². The number of rotatable bonds is 5. The van der Waals surface area contributed by atoms with Crippen LogP contribution in [-0.4, -0.2) is 9.10 Å². The molecule has 3 aromatic carbocycles.